The van der Waals surface area contributed by atoms with Crippen molar-refractivity contribution in [2.24, 2.45) is 5.92 Å². The van der Waals surface area contributed by atoms with Gasteiger partial charge in [0.25, 0.3) is 10.2 Å². The summed E-state index contributed by atoms with van der Waals surface area (Å²) in [5.74, 6) is -1.53. The Balaban J connectivity index is 2.61. The molecule has 8 heteroatoms. The molecule has 1 aliphatic heterocycles. The van der Waals surface area contributed by atoms with Gasteiger partial charge in [-0.1, -0.05) is 13.8 Å². The van der Waals surface area contributed by atoms with Crippen LogP contribution in [-0.2, 0) is 15.0 Å². The van der Waals surface area contributed by atoms with E-state index >= 15 is 0 Å². The molecule has 0 aromatic heterocycles. The third-order valence-corrected chi connectivity index (χ3v) is 5.56. The Kier molecular flexibility index (Phi) is 7.05. The summed E-state index contributed by atoms with van der Waals surface area (Å²) in [7, 11) is -3.62. The van der Waals surface area contributed by atoms with Gasteiger partial charge in [0, 0.05) is 25.7 Å². The molecule has 0 aromatic carbocycles. The summed E-state index contributed by atoms with van der Waals surface area (Å²) in [5.41, 5.74) is 0. The van der Waals surface area contributed by atoms with Gasteiger partial charge in [-0.15, -0.1) is 0 Å². The Morgan fingerprint density at radius 2 is 2.05 bits per heavy atom. The van der Waals surface area contributed by atoms with Gasteiger partial charge in [0.05, 0.1) is 5.92 Å². The van der Waals surface area contributed by atoms with Crippen molar-refractivity contribution >= 4 is 16.2 Å². The highest BCUT2D eigenvalue weighted by atomic mass is 32.2. The van der Waals surface area contributed by atoms with Crippen molar-refractivity contribution in [1.82, 2.24) is 13.9 Å². The molecule has 0 bridgehead atoms. The van der Waals surface area contributed by atoms with Crippen LogP contribution in [0.15, 0.2) is 0 Å². The molecule has 1 aliphatic rings. The minimum absolute atomic E-state index is 0.0582. The number of piperidine rings is 1. The number of likely N-dealkylation sites (N-methyl/N-ethyl adjacent to an activating group) is 1. The van der Waals surface area contributed by atoms with Gasteiger partial charge in [0.1, 0.15) is 0 Å². The molecule has 0 amide bonds. The smallest absolute Gasteiger partial charge is 0.307 e. The molecule has 2 N–H and O–H groups in total. The molecule has 2 unspecified atom stereocenters. The molecule has 0 radical (unpaired) electrons. The zero-order valence-electron chi connectivity index (χ0n) is 13.1. The Hall–Kier alpha value is -0.700. The molecule has 7 nitrogen and oxygen atoms in total. The van der Waals surface area contributed by atoms with Crippen LogP contribution < -0.4 is 4.72 Å². The Morgan fingerprint density at radius 3 is 2.57 bits per heavy atom. The fourth-order valence-electron chi connectivity index (χ4n) is 2.60. The number of nitrogens with zero attached hydrogens (tertiary/aromatic N) is 2. The van der Waals surface area contributed by atoms with Crippen molar-refractivity contribution in [2.45, 2.75) is 39.7 Å². The highest BCUT2D eigenvalue weighted by Crippen LogP contribution is 2.18. The second-order valence-electron chi connectivity index (χ2n) is 5.55. The number of rotatable bonds is 8. The zero-order valence-corrected chi connectivity index (χ0v) is 13.9. The molecule has 0 spiro atoms. The Bertz CT molecular complexity index is 437. The van der Waals surface area contributed by atoms with E-state index in [1.165, 1.54) is 4.31 Å². The van der Waals surface area contributed by atoms with Crippen LogP contribution in [0.5, 0.6) is 0 Å². The van der Waals surface area contributed by atoms with Gasteiger partial charge in [-0.3, -0.25) is 4.79 Å². The average molecular weight is 321 g/mol. The van der Waals surface area contributed by atoms with Crippen LogP contribution in [0, 0.1) is 5.92 Å². The summed E-state index contributed by atoms with van der Waals surface area (Å²) in [6.45, 7) is 8.72. The summed E-state index contributed by atoms with van der Waals surface area (Å²) in [4.78, 5) is 13.2. The number of nitrogens with one attached hydrogen (secondary N) is 1. The molecule has 0 saturated carbocycles. The normalized spacial score (nSPS) is 22.4. The summed E-state index contributed by atoms with van der Waals surface area (Å²) < 4.78 is 28.6. The van der Waals surface area contributed by atoms with E-state index in [2.05, 4.69) is 9.62 Å². The third kappa shape index (κ3) is 5.54. The lowest BCUT2D eigenvalue weighted by atomic mass is 10.0. The fraction of sp³-hybridized carbons (Fsp3) is 0.923. The van der Waals surface area contributed by atoms with E-state index in [-0.39, 0.29) is 12.6 Å². The molecule has 0 aliphatic carbocycles. The number of hydrogen-bond donors (Lipinski definition) is 2. The van der Waals surface area contributed by atoms with Gasteiger partial charge < -0.3 is 10.0 Å². The number of carboxylic acids is 1. The highest BCUT2D eigenvalue weighted by Gasteiger charge is 2.32. The summed E-state index contributed by atoms with van der Waals surface area (Å²) in [6, 6.07) is -0.208. The first-order valence-electron chi connectivity index (χ1n) is 7.52. The SMILES string of the molecule is CCN(CC)CC(C)NS(=O)(=O)N1CCCC(C(=O)O)C1. The number of aliphatic carboxylic acids is 1. The van der Waals surface area contributed by atoms with Crippen molar-refractivity contribution < 1.29 is 18.3 Å². The van der Waals surface area contributed by atoms with E-state index in [0.717, 1.165) is 13.1 Å². The minimum Gasteiger partial charge on any atom is -0.481 e. The lowest BCUT2D eigenvalue weighted by Gasteiger charge is -2.31. The predicted octanol–water partition coefficient (Wildman–Crippen LogP) is 0.348. The van der Waals surface area contributed by atoms with Crippen molar-refractivity contribution in [3.8, 4) is 0 Å². The first-order valence-corrected chi connectivity index (χ1v) is 8.96. The van der Waals surface area contributed by atoms with E-state index in [0.29, 0.717) is 25.9 Å². The van der Waals surface area contributed by atoms with E-state index < -0.39 is 22.1 Å². The van der Waals surface area contributed by atoms with Gasteiger partial charge in [-0.05, 0) is 32.9 Å². The molecule has 124 valence electrons. The van der Waals surface area contributed by atoms with Crippen LogP contribution in [0.25, 0.3) is 0 Å². The first kappa shape index (κ1) is 18.3. The maximum absolute atomic E-state index is 12.3. The average Bonchev–Trinajstić information content (AvgIpc) is 2.44. The van der Waals surface area contributed by atoms with Crippen LogP contribution >= 0.6 is 0 Å². The topological polar surface area (TPSA) is 90.0 Å². The maximum atomic E-state index is 12.3. The van der Waals surface area contributed by atoms with Gasteiger partial charge in [-0.2, -0.15) is 17.4 Å². The molecule has 1 saturated heterocycles. The molecule has 1 heterocycles. The van der Waals surface area contributed by atoms with E-state index in [4.69, 9.17) is 5.11 Å². The van der Waals surface area contributed by atoms with Crippen LogP contribution in [0.3, 0.4) is 0 Å². The molecule has 1 fully saturated rings. The second-order valence-corrected chi connectivity index (χ2v) is 7.25. The third-order valence-electron chi connectivity index (χ3n) is 3.85. The van der Waals surface area contributed by atoms with Crippen LogP contribution in [0.4, 0.5) is 0 Å². The molecule has 0 aromatic rings. The standard InChI is InChI=1S/C13H27N3O4S/c1-4-15(5-2)9-11(3)14-21(19,20)16-8-6-7-12(10-16)13(17)18/h11-12,14H,4-10H2,1-3H3,(H,17,18). The van der Waals surface area contributed by atoms with Gasteiger partial charge in [0.2, 0.25) is 0 Å². The lowest BCUT2D eigenvalue weighted by molar-refractivity contribution is -0.142. The Morgan fingerprint density at radius 1 is 1.43 bits per heavy atom. The van der Waals surface area contributed by atoms with E-state index in [1.54, 1.807) is 0 Å². The molecule has 2 atom stereocenters. The largest absolute Gasteiger partial charge is 0.481 e. The second kappa shape index (κ2) is 8.07. The number of carbonyl (C=O) groups is 1. The maximum Gasteiger partial charge on any atom is 0.307 e. The van der Waals surface area contributed by atoms with Crippen LogP contribution in [0.2, 0.25) is 0 Å². The van der Waals surface area contributed by atoms with Gasteiger partial charge in [-0.25, -0.2) is 0 Å². The van der Waals surface area contributed by atoms with Gasteiger partial charge in [0.15, 0.2) is 0 Å². The molecule has 21 heavy (non-hydrogen) atoms. The summed E-state index contributed by atoms with van der Waals surface area (Å²) >= 11 is 0. The molecule has 1 rings (SSSR count). The summed E-state index contributed by atoms with van der Waals surface area (Å²) in [5, 5.41) is 9.04. The number of carboxylic acid groups (broad SMARTS) is 1. The fourth-order valence-corrected chi connectivity index (χ4v) is 4.08. The summed E-state index contributed by atoms with van der Waals surface area (Å²) in [6.07, 6.45) is 1.12. The van der Waals surface area contributed by atoms with E-state index in [9.17, 15) is 13.2 Å². The Labute approximate surface area is 127 Å². The van der Waals surface area contributed by atoms with Crippen molar-refractivity contribution in [3.63, 3.8) is 0 Å². The predicted molar refractivity (Wildman–Crippen MR) is 81.2 cm³/mol. The van der Waals surface area contributed by atoms with Gasteiger partial charge >= 0.3 is 5.97 Å². The zero-order chi connectivity index (χ0) is 16.0. The van der Waals surface area contributed by atoms with Crippen LogP contribution in [0.1, 0.15) is 33.6 Å². The monoisotopic (exact) mass is 321 g/mol. The van der Waals surface area contributed by atoms with Crippen molar-refractivity contribution in [3.05, 3.63) is 0 Å². The number of hydrogen-bond acceptors (Lipinski definition) is 4. The van der Waals surface area contributed by atoms with Crippen molar-refractivity contribution in [2.75, 3.05) is 32.7 Å². The highest BCUT2D eigenvalue weighted by molar-refractivity contribution is 7.87. The lowest BCUT2D eigenvalue weighted by Crippen LogP contribution is -2.51. The van der Waals surface area contributed by atoms with Crippen LogP contribution in [-0.4, -0.2) is 67.5 Å². The molecular formula is C13H27N3O4S. The quantitative estimate of drug-likeness (QED) is 0.673. The minimum atomic E-state index is -3.62. The molecular weight excluding hydrogens is 294 g/mol. The van der Waals surface area contributed by atoms with E-state index in [1.807, 2.05) is 20.8 Å². The first-order chi connectivity index (χ1) is 9.80. The van der Waals surface area contributed by atoms with Crippen molar-refractivity contribution in [1.29, 1.82) is 0 Å².